The van der Waals surface area contributed by atoms with Crippen molar-refractivity contribution in [2.75, 3.05) is 32.7 Å². The van der Waals surface area contributed by atoms with Gasteiger partial charge in [-0.15, -0.1) is 11.3 Å². The van der Waals surface area contributed by atoms with Crippen LogP contribution in [0.1, 0.15) is 62.8 Å². The quantitative estimate of drug-likeness (QED) is 0.436. The van der Waals surface area contributed by atoms with E-state index in [1.165, 1.54) is 30.6 Å². The summed E-state index contributed by atoms with van der Waals surface area (Å²) in [4.78, 5) is 20.9. The minimum absolute atomic E-state index is 0.142. The fraction of sp³-hybridized carbons (Fsp3) is 0.714. The Balaban J connectivity index is 1.49. The first-order valence-corrected chi connectivity index (χ1v) is 11.7. The number of carbonyl (C=O) groups is 1. The third-order valence-corrected chi connectivity index (χ3v) is 6.56. The minimum Gasteiger partial charge on any atom is -0.357 e. The third kappa shape index (κ3) is 6.48. The normalized spacial score (nSPS) is 19.7. The number of carbonyl (C=O) groups excluding carboxylic acids is 1. The van der Waals surface area contributed by atoms with Gasteiger partial charge in [-0.25, -0.2) is 0 Å². The first kappa shape index (κ1) is 21.1. The van der Waals surface area contributed by atoms with Crippen LogP contribution in [0.4, 0.5) is 0 Å². The molecule has 28 heavy (non-hydrogen) atoms. The van der Waals surface area contributed by atoms with E-state index in [9.17, 15) is 4.79 Å². The van der Waals surface area contributed by atoms with E-state index in [0.29, 0.717) is 25.0 Å². The fourth-order valence-electron chi connectivity index (χ4n) is 4.10. The van der Waals surface area contributed by atoms with Crippen LogP contribution in [-0.2, 0) is 4.79 Å². The third-order valence-electron chi connectivity index (χ3n) is 5.58. The van der Waals surface area contributed by atoms with Crippen molar-refractivity contribution in [3.05, 3.63) is 22.4 Å². The molecule has 1 atom stereocenters. The lowest BCUT2D eigenvalue weighted by Gasteiger charge is -2.25. The van der Waals surface area contributed by atoms with E-state index < -0.39 is 0 Å². The molecule has 2 fully saturated rings. The van der Waals surface area contributed by atoms with Crippen LogP contribution in [0.25, 0.3) is 0 Å². The molecule has 0 aromatic carbocycles. The van der Waals surface area contributed by atoms with Crippen LogP contribution >= 0.6 is 11.3 Å². The number of likely N-dealkylation sites (tertiary alicyclic amines) is 1. The molecular weight excluding hydrogens is 370 g/mol. The van der Waals surface area contributed by atoms with E-state index in [1.54, 1.807) is 0 Å². The predicted octanol–water partition coefficient (Wildman–Crippen LogP) is 2.89. The number of nitrogens with zero attached hydrogens (tertiary/aromatic N) is 2. The molecule has 1 unspecified atom stereocenters. The lowest BCUT2D eigenvalue weighted by atomic mass is 10.2. The molecule has 1 amide bonds. The zero-order valence-electron chi connectivity index (χ0n) is 17.1. The lowest BCUT2D eigenvalue weighted by molar-refractivity contribution is -0.121. The molecule has 0 radical (unpaired) electrons. The SMILES string of the molecule is CCNC(=NCC(c1cccs1)N1CCCC1)NCCC(=O)NC1CCCC1. The van der Waals surface area contributed by atoms with Gasteiger partial charge in [-0.1, -0.05) is 18.9 Å². The Labute approximate surface area is 173 Å². The molecule has 1 saturated carbocycles. The molecule has 0 bridgehead atoms. The largest absolute Gasteiger partial charge is 0.357 e. The number of hydrogen-bond acceptors (Lipinski definition) is 4. The highest BCUT2D eigenvalue weighted by Gasteiger charge is 2.24. The van der Waals surface area contributed by atoms with Gasteiger partial charge in [-0.05, 0) is 57.1 Å². The van der Waals surface area contributed by atoms with Crippen molar-refractivity contribution in [3.8, 4) is 0 Å². The highest BCUT2D eigenvalue weighted by molar-refractivity contribution is 7.10. The maximum absolute atomic E-state index is 12.1. The van der Waals surface area contributed by atoms with E-state index in [0.717, 1.165) is 45.0 Å². The molecule has 2 aliphatic rings. The fourth-order valence-corrected chi connectivity index (χ4v) is 4.96. The zero-order chi connectivity index (χ0) is 19.6. The summed E-state index contributed by atoms with van der Waals surface area (Å²) >= 11 is 1.81. The number of amides is 1. The van der Waals surface area contributed by atoms with Crippen molar-refractivity contribution >= 4 is 23.2 Å². The maximum Gasteiger partial charge on any atom is 0.221 e. The Hall–Kier alpha value is -1.60. The number of hydrogen-bond donors (Lipinski definition) is 3. The highest BCUT2D eigenvalue weighted by atomic mass is 32.1. The van der Waals surface area contributed by atoms with E-state index >= 15 is 0 Å². The van der Waals surface area contributed by atoms with E-state index in [2.05, 4.69) is 45.3 Å². The molecule has 1 aromatic heterocycles. The van der Waals surface area contributed by atoms with Crippen molar-refractivity contribution in [3.63, 3.8) is 0 Å². The summed E-state index contributed by atoms with van der Waals surface area (Å²) in [5.41, 5.74) is 0. The summed E-state index contributed by atoms with van der Waals surface area (Å²) in [6.07, 6.45) is 7.78. The second-order valence-electron chi connectivity index (χ2n) is 7.72. The first-order chi connectivity index (χ1) is 13.8. The lowest BCUT2D eigenvalue weighted by Crippen LogP contribution is -2.41. The molecule has 3 rings (SSSR count). The van der Waals surface area contributed by atoms with Crippen LogP contribution in [0.2, 0.25) is 0 Å². The smallest absolute Gasteiger partial charge is 0.221 e. The summed E-state index contributed by atoms with van der Waals surface area (Å²) < 4.78 is 0. The summed E-state index contributed by atoms with van der Waals surface area (Å²) in [5.74, 6) is 0.945. The monoisotopic (exact) mass is 405 g/mol. The van der Waals surface area contributed by atoms with E-state index in [-0.39, 0.29) is 5.91 Å². The van der Waals surface area contributed by atoms with Crippen molar-refractivity contribution in [2.45, 2.75) is 64.0 Å². The van der Waals surface area contributed by atoms with Gasteiger partial charge in [0.25, 0.3) is 0 Å². The molecule has 3 N–H and O–H groups in total. The molecule has 1 aromatic rings. The zero-order valence-corrected chi connectivity index (χ0v) is 17.9. The van der Waals surface area contributed by atoms with Gasteiger partial charge in [-0.3, -0.25) is 14.7 Å². The number of thiophene rings is 1. The van der Waals surface area contributed by atoms with Gasteiger partial charge in [0.2, 0.25) is 5.91 Å². The van der Waals surface area contributed by atoms with Gasteiger partial charge in [0.15, 0.2) is 5.96 Å². The number of nitrogens with one attached hydrogen (secondary N) is 3. The molecule has 0 spiro atoms. The number of rotatable bonds is 9. The van der Waals surface area contributed by atoms with Crippen LogP contribution in [0, 0.1) is 0 Å². The molecule has 2 heterocycles. The molecular formula is C21H35N5OS. The second-order valence-corrected chi connectivity index (χ2v) is 8.70. The average Bonchev–Trinajstić information content (AvgIpc) is 3.46. The Kier molecular flexibility index (Phi) is 8.61. The van der Waals surface area contributed by atoms with Crippen LogP contribution < -0.4 is 16.0 Å². The van der Waals surface area contributed by atoms with Gasteiger partial charge < -0.3 is 16.0 Å². The Bertz CT molecular complexity index is 606. The van der Waals surface area contributed by atoms with Gasteiger partial charge >= 0.3 is 0 Å². The summed E-state index contributed by atoms with van der Waals surface area (Å²) in [6, 6.07) is 5.08. The van der Waals surface area contributed by atoms with E-state index in [1.807, 2.05) is 11.3 Å². The summed E-state index contributed by atoms with van der Waals surface area (Å²) in [7, 11) is 0. The molecule has 6 nitrogen and oxygen atoms in total. The van der Waals surface area contributed by atoms with Gasteiger partial charge in [0.1, 0.15) is 0 Å². The van der Waals surface area contributed by atoms with Gasteiger partial charge in [0.05, 0.1) is 12.6 Å². The maximum atomic E-state index is 12.1. The van der Waals surface area contributed by atoms with Crippen LogP contribution in [-0.4, -0.2) is 55.5 Å². The van der Waals surface area contributed by atoms with E-state index in [4.69, 9.17) is 4.99 Å². The van der Waals surface area contributed by atoms with Crippen molar-refractivity contribution in [2.24, 2.45) is 4.99 Å². The number of aliphatic imine (C=N–C) groups is 1. The average molecular weight is 406 g/mol. The van der Waals surface area contributed by atoms with Crippen LogP contribution in [0.15, 0.2) is 22.5 Å². The van der Waals surface area contributed by atoms with Gasteiger partial charge in [0, 0.05) is 30.4 Å². The molecule has 1 aliphatic heterocycles. The van der Waals surface area contributed by atoms with Crippen LogP contribution in [0.5, 0.6) is 0 Å². The molecule has 7 heteroatoms. The summed E-state index contributed by atoms with van der Waals surface area (Å²) in [5, 5.41) is 11.9. The molecule has 156 valence electrons. The molecule has 1 saturated heterocycles. The first-order valence-electron chi connectivity index (χ1n) is 10.8. The summed E-state index contributed by atoms with van der Waals surface area (Å²) in [6.45, 7) is 6.55. The topological polar surface area (TPSA) is 68.8 Å². The Morgan fingerprint density at radius 1 is 1.25 bits per heavy atom. The predicted molar refractivity (Wildman–Crippen MR) is 117 cm³/mol. The van der Waals surface area contributed by atoms with Crippen molar-refractivity contribution in [1.82, 2.24) is 20.9 Å². The minimum atomic E-state index is 0.142. The number of guanidine groups is 1. The highest BCUT2D eigenvalue weighted by Crippen LogP contribution is 2.28. The Morgan fingerprint density at radius 2 is 2.04 bits per heavy atom. The Morgan fingerprint density at radius 3 is 2.71 bits per heavy atom. The molecule has 1 aliphatic carbocycles. The standard InChI is InChI=1S/C21H35N5OS/c1-2-22-21(23-12-11-20(27)25-17-8-3-4-9-17)24-16-18(19-10-7-15-28-19)26-13-5-6-14-26/h7,10,15,17-18H,2-6,8-9,11-14,16H2,1H3,(H,25,27)(H2,22,23,24). The second kappa shape index (κ2) is 11.4. The van der Waals surface area contributed by atoms with Crippen molar-refractivity contribution < 1.29 is 4.79 Å². The van der Waals surface area contributed by atoms with Gasteiger partial charge in [-0.2, -0.15) is 0 Å². The van der Waals surface area contributed by atoms with Crippen molar-refractivity contribution in [1.29, 1.82) is 0 Å². The van der Waals surface area contributed by atoms with Crippen LogP contribution in [0.3, 0.4) is 0 Å².